The molecular formula is C17H22N2O4S2. The first-order valence-corrected chi connectivity index (χ1v) is 10.2. The minimum absolute atomic E-state index is 0.123. The molecule has 0 aliphatic heterocycles. The predicted molar refractivity (Wildman–Crippen MR) is 99.9 cm³/mol. The smallest absolute Gasteiger partial charge is 0.250 e. The highest BCUT2D eigenvalue weighted by Crippen LogP contribution is 2.22. The van der Waals surface area contributed by atoms with Crippen molar-refractivity contribution in [3.63, 3.8) is 0 Å². The van der Waals surface area contributed by atoms with Crippen molar-refractivity contribution < 1.29 is 17.9 Å². The highest BCUT2D eigenvalue weighted by atomic mass is 32.2. The van der Waals surface area contributed by atoms with Crippen molar-refractivity contribution in [1.29, 1.82) is 0 Å². The topological polar surface area (TPSA) is 75.7 Å². The molecule has 1 aromatic carbocycles. The molecule has 1 heterocycles. The number of methoxy groups -OCH3 is 1. The first kappa shape index (κ1) is 19.4. The zero-order chi connectivity index (χ0) is 18.4. The van der Waals surface area contributed by atoms with E-state index in [0.29, 0.717) is 15.6 Å². The number of sulfonamides is 1. The molecule has 0 aliphatic rings. The summed E-state index contributed by atoms with van der Waals surface area (Å²) in [6.45, 7) is 3.78. The molecule has 0 saturated carbocycles. The molecule has 0 fully saturated rings. The Hall–Kier alpha value is -1.90. The van der Waals surface area contributed by atoms with Gasteiger partial charge in [-0.05, 0) is 30.7 Å². The molecule has 0 aliphatic carbocycles. The summed E-state index contributed by atoms with van der Waals surface area (Å²) in [4.78, 5) is 14.4. The molecule has 1 aromatic heterocycles. The van der Waals surface area contributed by atoms with Crippen molar-refractivity contribution in [3.05, 3.63) is 41.3 Å². The summed E-state index contributed by atoms with van der Waals surface area (Å²) in [5, 5.41) is 0. The second-order valence-corrected chi connectivity index (χ2v) is 8.51. The van der Waals surface area contributed by atoms with Crippen LogP contribution in [0.2, 0.25) is 0 Å². The highest BCUT2D eigenvalue weighted by Gasteiger charge is 2.18. The van der Waals surface area contributed by atoms with Crippen molar-refractivity contribution in [2.75, 3.05) is 25.1 Å². The first-order chi connectivity index (χ1) is 11.9. The van der Waals surface area contributed by atoms with Gasteiger partial charge in [-0.2, -0.15) is 0 Å². The second kappa shape index (κ2) is 8.46. The van der Waals surface area contributed by atoms with E-state index in [-0.39, 0.29) is 19.0 Å². The maximum atomic E-state index is 12.3. The number of ether oxygens (including phenoxy) is 1. The van der Waals surface area contributed by atoms with E-state index in [4.69, 9.17) is 4.74 Å². The number of hydrogen-bond acceptors (Lipinski definition) is 5. The molecule has 0 atom stereocenters. The van der Waals surface area contributed by atoms with E-state index in [1.807, 2.05) is 13.0 Å². The van der Waals surface area contributed by atoms with E-state index in [2.05, 4.69) is 4.72 Å². The number of nitrogens with one attached hydrogen (secondary N) is 1. The number of benzene rings is 1. The summed E-state index contributed by atoms with van der Waals surface area (Å²) < 4.78 is 32.7. The SMILES string of the molecule is CCc1ccc(S(=O)(=O)NCCN(C(C)=O)c2cccc(OC)c2)s1. The zero-order valence-corrected chi connectivity index (χ0v) is 16.1. The van der Waals surface area contributed by atoms with E-state index < -0.39 is 10.0 Å². The molecular weight excluding hydrogens is 360 g/mol. The quantitative estimate of drug-likeness (QED) is 0.762. The monoisotopic (exact) mass is 382 g/mol. The third-order valence-electron chi connectivity index (χ3n) is 3.62. The van der Waals surface area contributed by atoms with Gasteiger partial charge in [-0.3, -0.25) is 4.79 Å². The molecule has 0 spiro atoms. The van der Waals surface area contributed by atoms with Crippen molar-refractivity contribution in [3.8, 4) is 5.75 Å². The van der Waals surface area contributed by atoms with Crippen LogP contribution in [0.15, 0.2) is 40.6 Å². The number of carbonyl (C=O) groups is 1. The number of amides is 1. The molecule has 0 unspecified atom stereocenters. The third-order valence-corrected chi connectivity index (χ3v) is 6.81. The van der Waals surface area contributed by atoms with Gasteiger partial charge in [0.1, 0.15) is 9.96 Å². The number of rotatable bonds is 8. The van der Waals surface area contributed by atoms with Crippen LogP contribution in [0.5, 0.6) is 5.75 Å². The van der Waals surface area contributed by atoms with Gasteiger partial charge in [0.25, 0.3) is 0 Å². The number of carbonyl (C=O) groups excluding carboxylic acids is 1. The third kappa shape index (κ3) is 5.04. The maximum Gasteiger partial charge on any atom is 0.250 e. The second-order valence-electron chi connectivity index (χ2n) is 5.34. The molecule has 1 amide bonds. The number of thiophene rings is 1. The first-order valence-electron chi connectivity index (χ1n) is 7.88. The summed E-state index contributed by atoms with van der Waals surface area (Å²) in [7, 11) is -2.01. The fourth-order valence-electron chi connectivity index (χ4n) is 2.30. The van der Waals surface area contributed by atoms with Gasteiger partial charge >= 0.3 is 0 Å². The van der Waals surface area contributed by atoms with E-state index in [1.54, 1.807) is 37.4 Å². The van der Waals surface area contributed by atoms with Gasteiger partial charge in [0.15, 0.2) is 0 Å². The van der Waals surface area contributed by atoms with E-state index in [1.165, 1.54) is 23.2 Å². The van der Waals surface area contributed by atoms with Crippen LogP contribution in [-0.4, -0.2) is 34.5 Å². The molecule has 6 nitrogen and oxygen atoms in total. The van der Waals surface area contributed by atoms with Gasteiger partial charge in [-0.15, -0.1) is 11.3 Å². The summed E-state index contributed by atoms with van der Waals surface area (Å²) in [6.07, 6.45) is 0.800. The minimum atomic E-state index is -3.56. The van der Waals surface area contributed by atoms with Crippen molar-refractivity contribution in [2.45, 2.75) is 24.5 Å². The van der Waals surface area contributed by atoms with Gasteiger partial charge in [0.2, 0.25) is 15.9 Å². The lowest BCUT2D eigenvalue weighted by atomic mass is 10.2. The van der Waals surface area contributed by atoms with Crippen LogP contribution >= 0.6 is 11.3 Å². The Balaban J connectivity index is 2.05. The van der Waals surface area contributed by atoms with Crippen LogP contribution in [0.3, 0.4) is 0 Å². The summed E-state index contributed by atoms with van der Waals surface area (Å²) >= 11 is 1.26. The van der Waals surface area contributed by atoms with Gasteiger partial charge in [0.05, 0.1) is 7.11 Å². The van der Waals surface area contributed by atoms with Gasteiger partial charge in [-0.1, -0.05) is 13.0 Å². The Morgan fingerprint density at radius 2 is 2.04 bits per heavy atom. The molecule has 136 valence electrons. The number of hydrogen-bond donors (Lipinski definition) is 1. The average Bonchev–Trinajstić information content (AvgIpc) is 3.08. The maximum absolute atomic E-state index is 12.3. The van der Waals surface area contributed by atoms with Crippen molar-refractivity contribution >= 4 is 33.0 Å². The molecule has 0 saturated heterocycles. The van der Waals surface area contributed by atoms with E-state index >= 15 is 0 Å². The number of nitrogens with zero attached hydrogens (tertiary/aromatic N) is 1. The van der Waals surface area contributed by atoms with Crippen LogP contribution in [0.25, 0.3) is 0 Å². The zero-order valence-electron chi connectivity index (χ0n) is 14.5. The van der Waals surface area contributed by atoms with E-state index in [0.717, 1.165) is 11.3 Å². The number of aryl methyl sites for hydroxylation is 1. The molecule has 2 rings (SSSR count). The molecule has 25 heavy (non-hydrogen) atoms. The lowest BCUT2D eigenvalue weighted by Gasteiger charge is -2.21. The Kier molecular flexibility index (Phi) is 6.57. The lowest BCUT2D eigenvalue weighted by molar-refractivity contribution is -0.116. The Morgan fingerprint density at radius 3 is 2.64 bits per heavy atom. The fourth-order valence-corrected chi connectivity index (χ4v) is 4.66. The fraction of sp³-hybridized carbons (Fsp3) is 0.353. The molecule has 1 N–H and O–H groups in total. The number of anilines is 1. The largest absolute Gasteiger partial charge is 0.497 e. The van der Waals surface area contributed by atoms with Gasteiger partial charge < -0.3 is 9.64 Å². The molecule has 0 bridgehead atoms. The van der Waals surface area contributed by atoms with Crippen molar-refractivity contribution in [1.82, 2.24) is 4.72 Å². The molecule has 8 heteroatoms. The molecule has 0 radical (unpaired) electrons. The van der Waals surface area contributed by atoms with Gasteiger partial charge in [0, 0.05) is 36.6 Å². The normalized spacial score (nSPS) is 11.3. The van der Waals surface area contributed by atoms with Gasteiger partial charge in [-0.25, -0.2) is 13.1 Å². The van der Waals surface area contributed by atoms with E-state index in [9.17, 15) is 13.2 Å². The Labute approximate surface area is 152 Å². The molecule has 2 aromatic rings. The van der Waals surface area contributed by atoms with Crippen LogP contribution in [0.4, 0.5) is 5.69 Å². The lowest BCUT2D eigenvalue weighted by Crippen LogP contribution is -2.37. The summed E-state index contributed by atoms with van der Waals surface area (Å²) in [5.74, 6) is 0.465. The van der Waals surface area contributed by atoms with Crippen LogP contribution in [0.1, 0.15) is 18.7 Å². The standard InChI is InChI=1S/C17H22N2O4S2/c1-4-16-8-9-17(24-16)25(21,22)18-10-11-19(13(2)20)14-6-5-7-15(12-14)23-3/h5-9,12,18H,4,10-11H2,1-3H3. The van der Waals surface area contributed by atoms with Crippen LogP contribution < -0.4 is 14.4 Å². The average molecular weight is 383 g/mol. The van der Waals surface area contributed by atoms with Crippen LogP contribution in [0, 0.1) is 0 Å². The highest BCUT2D eigenvalue weighted by molar-refractivity contribution is 7.91. The Bertz CT molecular complexity index is 831. The predicted octanol–water partition coefficient (Wildman–Crippen LogP) is 2.65. The Morgan fingerprint density at radius 1 is 1.28 bits per heavy atom. The summed E-state index contributed by atoms with van der Waals surface area (Å²) in [6, 6.07) is 10.5. The minimum Gasteiger partial charge on any atom is -0.497 e. The van der Waals surface area contributed by atoms with Crippen molar-refractivity contribution in [2.24, 2.45) is 0 Å². The van der Waals surface area contributed by atoms with Crippen LogP contribution in [-0.2, 0) is 21.2 Å². The summed E-state index contributed by atoms with van der Waals surface area (Å²) in [5.41, 5.74) is 0.662.